The van der Waals surface area contributed by atoms with Gasteiger partial charge in [-0.15, -0.1) is 0 Å². The standard InChI is InChI=1S/C20H18ClNO4S/c1-3-26-19(23)20(12-22)17(14-6-8-15(21)9-7-14)18(20)27(24,25)16-10-4-13(2)5-11-16/h4-11,17-18H,3H2,1-2H3/t17-,18-,20-/m0/s1. The van der Waals surface area contributed by atoms with E-state index in [1.165, 1.54) is 12.1 Å². The van der Waals surface area contributed by atoms with Gasteiger partial charge in [0, 0.05) is 10.9 Å². The summed E-state index contributed by atoms with van der Waals surface area (Å²) < 4.78 is 31.6. The monoisotopic (exact) mass is 403 g/mol. The second-order valence-corrected chi connectivity index (χ2v) is 9.01. The van der Waals surface area contributed by atoms with Crippen LogP contribution in [-0.4, -0.2) is 26.2 Å². The fraction of sp³-hybridized carbons (Fsp3) is 0.300. The van der Waals surface area contributed by atoms with Gasteiger partial charge in [0.15, 0.2) is 15.3 Å². The highest BCUT2D eigenvalue weighted by atomic mass is 35.5. The van der Waals surface area contributed by atoms with Crippen LogP contribution in [0.15, 0.2) is 53.4 Å². The van der Waals surface area contributed by atoms with E-state index < -0.39 is 32.4 Å². The molecule has 27 heavy (non-hydrogen) atoms. The molecule has 0 aromatic heterocycles. The number of ether oxygens (including phenoxy) is 1. The average molecular weight is 404 g/mol. The molecule has 3 atom stereocenters. The number of carbonyl (C=O) groups is 1. The second-order valence-electron chi connectivity index (χ2n) is 6.51. The van der Waals surface area contributed by atoms with Crippen molar-refractivity contribution >= 4 is 27.4 Å². The molecule has 7 heteroatoms. The van der Waals surface area contributed by atoms with Gasteiger partial charge in [0.1, 0.15) is 5.25 Å². The van der Waals surface area contributed by atoms with E-state index in [-0.39, 0.29) is 11.5 Å². The Morgan fingerprint density at radius 2 is 1.78 bits per heavy atom. The first-order valence-corrected chi connectivity index (χ1v) is 10.4. The lowest BCUT2D eigenvalue weighted by Crippen LogP contribution is -2.25. The molecule has 1 aliphatic rings. The van der Waals surface area contributed by atoms with E-state index >= 15 is 0 Å². The van der Waals surface area contributed by atoms with Crippen LogP contribution in [0.1, 0.15) is 24.0 Å². The minimum Gasteiger partial charge on any atom is -0.465 e. The third-order valence-electron chi connectivity index (χ3n) is 4.84. The maximum atomic E-state index is 13.3. The first-order chi connectivity index (χ1) is 12.8. The van der Waals surface area contributed by atoms with E-state index in [0.29, 0.717) is 10.6 Å². The number of nitrogens with zero attached hydrogens (tertiary/aromatic N) is 1. The average Bonchev–Trinajstić information content (AvgIpc) is 3.34. The Bertz CT molecular complexity index is 1010. The highest BCUT2D eigenvalue weighted by Gasteiger charge is 2.77. The maximum absolute atomic E-state index is 13.3. The highest BCUT2D eigenvalue weighted by Crippen LogP contribution is 2.64. The molecule has 0 amide bonds. The third kappa shape index (κ3) is 3.11. The summed E-state index contributed by atoms with van der Waals surface area (Å²) >= 11 is 5.92. The minimum absolute atomic E-state index is 0.0624. The van der Waals surface area contributed by atoms with Crippen LogP contribution in [0.3, 0.4) is 0 Å². The van der Waals surface area contributed by atoms with Gasteiger partial charge in [-0.05, 0) is 43.7 Å². The number of halogens is 1. The molecule has 0 spiro atoms. The third-order valence-corrected chi connectivity index (χ3v) is 7.34. The van der Waals surface area contributed by atoms with E-state index in [0.717, 1.165) is 5.56 Å². The quantitative estimate of drug-likeness (QED) is 0.711. The lowest BCUT2D eigenvalue weighted by Gasteiger charge is -2.09. The Morgan fingerprint density at radius 3 is 2.30 bits per heavy atom. The van der Waals surface area contributed by atoms with Gasteiger partial charge in [0.05, 0.1) is 17.6 Å². The number of sulfone groups is 1. The lowest BCUT2D eigenvalue weighted by atomic mass is 10.0. The van der Waals surface area contributed by atoms with Crippen LogP contribution >= 0.6 is 11.6 Å². The fourth-order valence-corrected chi connectivity index (χ4v) is 5.81. The highest BCUT2D eigenvalue weighted by molar-refractivity contribution is 7.92. The Balaban J connectivity index is 2.12. The number of hydrogen-bond donors (Lipinski definition) is 0. The van der Waals surface area contributed by atoms with E-state index in [1.807, 2.05) is 13.0 Å². The van der Waals surface area contributed by atoms with Crippen molar-refractivity contribution in [1.29, 1.82) is 5.26 Å². The molecule has 0 aliphatic heterocycles. The maximum Gasteiger partial charge on any atom is 0.328 e. The molecule has 1 aliphatic carbocycles. The number of rotatable bonds is 5. The lowest BCUT2D eigenvalue weighted by molar-refractivity contribution is -0.147. The topological polar surface area (TPSA) is 84.2 Å². The molecule has 0 saturated heterocycles. The van der Waals surface area contributed by atoms with Gasteiger partial charge in [-0.25, -0.2) is 8.42 Å². The van der Waals surface area contributed by atoms with Crippen LogP contribution < -0.4 is 0 Å². The zero-order valence-electron chi connectivity index (χ0n) is 14.8. The van der Waals surface area contributed by atoms with Crippen molar-refractivity contribution in [2.45, 2.75) is 29.9 Å². The summed E-state index contributed by atoms with van der Waals surface area (Å²) in [6.07, 6.45) is 0. The molecular weight excluding hydrogens is 386 g/mol. The van der Waals surface area contributed by atoms with E-state index in [2.05, 4.69) is 0 Å². The van der Waals surface area contributed by atoms with Crippen LogP contribution in [0.4, 0.5) is 0 Å². The molecule has 1 saturated carbocycles. The largest absolute Gasteiger partial charge is 0.465 e. The molecule has 2 aromatic carbocycles. The van der Waals surface area contributed by atoms with Crippen molar-refractivity contribution < 1.29 is 17.9 Å². The molecule has 0 radical (unpaired) electrons. The number of hydrogen-bond acceptors (Lipinski definition) is 5. The molecule has 0 heterocycles. The summed E-state index contributed by atoms with van der Waals surface area (Å²) in [6.45, 7) is 3.53. The first-order valence-electron chi connectivity index (χ1n) is 8.43. The summed E-state index contributed by atoms with van der Waals surface area (Å²) in [5, 5.41) is 9.10. The zero-order valence-corrected chi connectivity index (χ0v) is 16.4. The molecule has 1 fully saturated rings. The first kappa shape index (κ1) is 19.4. The van der Waals surface area contributed by atoms with Gasteiger partial charge < -0.3 is 4.74 Å². The molecule has 2 aromatic rings. The van der Waals surface area contributed by atoms with Crippen LogP contribution in [0.5, 0.6) is 0 Å². The van der Waals surface area contributed by atoms with Gasteiger partial charge in [0.25, 0.3) is 0 Å². The van der Waals surface area contributed by atoms with E-state index in [4.69, 9.17) is 16.3 Å². The van der Waals surface area contributed by atoms with Crippen LogP contribution in [-0.2, 0) is 19.4 Å². The Hall–Kier alpha value is -2.36. The van der Waals surface area contributed by atoms with Crippen molar-refractivity contribution in [3.8, 4) is 6.07 Å². The molecule has 0 bridgehead atoms. The van der Waals surface area contributed by atoms with Crippen molar-refractivity contribution in [1.82, 2.24) is 0 Å². The van der Waals surface area contributed by atoms with Crippen LogP contribution in [0, 0.1) is 23.7 Å². The molecule has 0 N–H and O–H groups in total. The number of nitriles is 1. The predicted molar refractivity (Wildman–Crippen MR) is 101 cm³/mol. The number of carbonyl (C=O) groups excluding carboxylic acids is 1. The van der Waals surface area contributed by atoms with Gasteiger partial charge in [-0.1, -0.05) is 41.4 Å². The summed E-state index contributed by atoms with van der Waals surface area (Å²) in [6, 6.07) is 14.8. The van der Waals surface area contributed by atoms with Crippen LogP contribution in [0.2, 0.25) is 5.02 Å². The van der Waals surface area contributed by atoms with E-state index in [9.17, 15) is 18.5 Å². The van der Waals surface area contributed by atoms with Gasteiger partial charge >= 0.3 is 5.97 Å². The van der Waals surface area contributed by atoms with Crippen LogP contribution in [0.25, 0.3) is 0 Å². The molecule has 3 rings (SSSR count). The van der Waals surface area contributed by atoms with Crippen molar-refractivity contribution in [3.05, 3.63) is 64.7 Å². The number of esters is 1. The van der Waals surface area contributed by atoms with E-state index in [1.54, 1.807) is 43.3 Å². The summed E-state index contributed by atoms with van der Waals surface area (Å²) in [7, 11) is -3.93. The predicted octanol–water partition coefficient (Wildman–Crippen LogP) is 3.66. The molecule has 5 nitrogen and oxygen atoms in total. The van der Waals surface area contributed by atoms with Gasteiger partial charge in [-0.3, -0.25) is 4.79 Å². The Morgan fingerprint density at radius 1 is 1.19 bits per heavy atom. The Labute approximate surface area is 163 Å². The van der Waals surface area contributed by atoms with Crippen molar-refractivity contribution in [2.24, 2.45) is 5.41 Å². The molecule has 140 valence electrons. The summed E-state index contributed by atoms with van der Waals surface area (Å²) in [5.41, 5.74) is -0.293. The zero-order chi connectivity index (χ0) is 19.8. The van der Waals surface area contributed by atoms with Crippen molar-refractivity contribution in [2.75, 3.05) is 6.61 Å². The van der Waals surface area contributed by atoms with Gasteiger partial charge in [0.2, 0.25) is 0 Å². The second kappa shape index (κ2) is 6.99. The Kier molecular flexibility index (Phi) is 5.02. The smallest absolute Gasteiger partial charge is 0.328 e. The number of aryl methyl sites for hydroxylation is 1. The van der Waals surface area contributed by atoms with Gasteiger partial charge in [-0.2, -0.15) is 5.26 Å². The molecular formula is C20H18ClNO4S. The normalized spacial score (nSPS) is 24.1. The minimum atomic E-state index is -3.93. The fourth-order valence-electron chi connectivity index (χ4n) is 3.43. The number of benzene rings is 2. The molecule has 0 unspecified atom stereocenters. The summed E-state index contributed by atoms with van der Waals surface area (Å²) in [4.78, 5) is 12.7. The van der Waals surface area contributed by atoms with Crippen molar-refractivity contribution in [3.63, 3.8) is 0 Å². The summed E-state index contributed by atoms with van der Waals surface area (Å²) in [5.74, 6) is -1.63. The SMILES string of the molecule is CCOC(=O)[C@@]1(C#N)[C@@H](c2ccc(Cl)cc2)[C@@H]1S(=O)(=O)c1ccc(C)cc1.